The molecule has 0 amide bonds. The molecule has 0 unspecified atom stereocenters. The van der Waals surface area contributed by atoms with Gasteiger partial charge in [-0.1, -0.05) is 12.1 Å². The summed E-state index contributed by atoms with van der Waals surface area (Å²) in [6.07, 6.45) is 1.63. The summed E-state index contributed by atoms with van der Waals surface area (Å²) in [5.74, 6) is 0.790. The maximum atomic E-state index is 11.6. The van der Waals surface area contributed by atoms with Crippen LogP contribution in [0.25, 0.3) is 11.3 Å². The summed E-state index contributed by atoms with van der Waals surface area (Å²) >= 11 is 0. The minimum Gasteiger partial charge on any atom is -0.497 e. The highest BCUT2D eigenvalue weighted by Gasteiger charge is 2.15. The topological polar surface area (TPSA) is 44.1 Å². The van der Waals surface area contributed by atoms with E-state index in [2.05, 4.69) is 5.10 Å². The van der Waals surface area contributed by atoms with Crippen LogP contribution in [0.3, 0.4) is 0 Å². The first kappa shape index (κ1) is 12.4. The molecule has 2 rings (SSSR count). The Kier molecular flexibility index (Phi) is 3.46. The van der Waals surface area contributed by atoms with Gasteiger partial charge in [-0.3, -0.25) is 9.48 Å². The molecule has 0 bridgehead atoms. The highest BCUT2D eigenvalue weighted by molar-refractivity contribution is 5.99. The van der Waals surface area contributed by atoms with Crippen molar-refractivity contribution >= 4 is 5.78 Å². The van der Waals surface area contributed by atoms with E-state index in [-0.39, 0.29) is 5.78 Å². The van der Waals surface area contributed by atoms with E-state index in [4.69, 9.17) is 4.74 Å². The van der Waals surface area contributed by atoms with Crippen molar-refractivity contribution in [3.8, 4) is 17.0 Å². The van der Waals surface area contributed by atoms with Gasteiger partial charge in [-0.25, -0.2) is 0 Å². The van der Waals surface area contributed by atoms with Crippen LogP contribution < -0.4 is 4.74 Å². The van der Waals surface area contributed by atoms with Gasteiger partial charge in [0.2, 0.25) is 0 Å². The standard InChI is InChI=1S/C14H16N2O2/c1-4-16-14(13(9-15-16)10(2)17)11-6-5-7-12(8-11)18-3/h5-9H,4H2,1-3H3. The smallest absolute Gasteiger partial charge is 0.163 e. The SMILES string of the molecule is CCn1ncc(C(C)=O)c1-c1cccc(OC)c1. The largest absolute Gasteiger partial charge is 0.497 e. The lowest BCUT2D eigenvalue weighted by Crippen LogP contribution is -2.02. The lowest BCUT2D eigenvalue weighted by Gasteiger charge is -2.08. The summed E-state index contributed by atoms with van der Waals surface area (Å²) in [5.41, 5.74) is 2.44. The highest BCUT2D eigenvalue weighted by atomic mass is 16.5. The van der Waals surface area contributed by atoms with Crippen LogP contribution in [0.1, 0.15) is 24.2 Å². The number of ether oxygens (including phenoxy) is 1. The number of ketones is 1. The van der Waals surface area contributed by atoms with Gasteiger partial charge in [0, 0.05) is 12.1 Å². The Labute approximate surface area is 106 Å². The second-order valence-corrected chi connectivity index (χ2v) is 4.01. The Bertz CT molecular complexity index is 573. The fourth-order valence-corrected chi connectivity index (χ4v) is 1.96. The quantitative estimate of drug-likeness (QED) is 0.777. The van der Waals surface area contributed by atoms with Crippen molar-refractivity contribution in [2.75, 3.05) is 7.11 Å². The minimum atomic E-state index is 0.0209. The number of carbonyl (C=O) groups is 1. The monoisotopic (exact) mass is 244 g/mol. The first-order valence-corrected chi connectivity index (χ1v) is 5.88. The third-order valence-corrected chi connectivity index (χ3v) is 2.86. The second kappa shape index (κ2) is 5.04. The number of rotatable bonds is 4. The van der Waals surface area contributed by atoms with Crippen LogP contribution in [0.2, 0.25) is 0 Å². The molecule has 0 saturated heterocycles. The van der Waals surface area contributed by atoms with E-state index >= 15 is 0 Å². The number of carbonyl (C=O) groups excluding carboxylic acids is 1. The van der Waals surface area contributed by atoms with Gasteiger partial charge in [0.25, 0.3) is 0 Å². The number of aromatic nitrogens is 2. The highest BCUT2D eigenvalue weighted by Crippen LogP contribution is 2.27. The summed E-state index contributed by atoms with van der Waals surface area (Å²) in [6, 6.07) is 7.66. The van der Waals surface area contributed by atoms with Gasteiger partial charge >= 0.3 is 0 Å². The third kappa shape index (κ3) is 2.14. The van der Waals surface area contributed by atoms with Crippen LogP contribution in [0.4, 0.5) is 0 Å². The lowest BCUT2D eigenvalue weighted by molar-refractivity contribution is 0.101. The van der Waals surface area contributed by atoms with Crippen molar-refractivity contribution in [3.63, 3.8) is 0 Å². The molecule has 0 N–H and O–H groups in total. The maximum Gasteiger partial charge on any atom is 0.163 e. The molecule has 18 heavy (non-hydrogen) atoms. The van der Waals surface area contributed by atoms with Crippen molar-refractivity contribution in [2.24, 2.45) is 0 Å². The number of hydrogen-bond donors (Lipinski definition) is 0. The summed E-state index contributed by atoms with van der Waals surface area (Å²) in [7, 11) is 1.63. The fraction of sp³-hybridized carbons (Fsp3) is 0.286. The molecule has 0 radical (unpaired) electrons. The number of hydrogen-bond acceptors (Lipinski definition) is 3. The molecule has 0 saturated carbocycles. The number of benzene rings is 1. The molecule has 0 spiro atoms. The molecular weight excluding hydrogens is 228 g/mol. The summed E-state index contributed by atoms with van der Waals surface area (Å²) in [6.45, 7) is 4.28. The van der Waals surface area contributed by atoms with E-state index in [0.29, 0.717) is 5.56 Å². The normalized spacial score (nSPS) is 10.4. The van der Waals surface area contributed by atoms with Gasteiger partial charge in [-0.05, 0) is 26.0 Å². The zero-order valence-corrected chi connectivity index (χ0v) is 10.8. The predicted molar refractivity (Wildman–Crippen MR) is 69.9 cm³/mol. The van der Waals surface area contributed by atoms with Gasteiger partial charge in [-0.15, -0.1) is 0 Å². The zero-order valence-electron chi connectivity index (χ0n) is 10.8. The molecule has 0 aliphatic rings. The number of Topliss-reactive ketones (excluding diaryl/α,β-unsaturated/α-hetero) is 1. The molecule has 0 aliphatic heterocycles. The number of aryl methyl sites for hydroxylation is 1. The molecule has 94 valence electrons. The molecule has 0 aliphatic carbocycles. The average Bonchev–Trinajstić information content (AvgIpc) is 2.82. The van der Waals surface area contributed by atoms with E-state index in [1.807, 2.05) is 35.9 Å². The Morgan fingerprint density at radius 1 is 1.44 bits per heavy atom. The average molecular weight is 244 g/mol. The lowest BCUT2D eigenvalue weighted by atomic mass is 10.1. The maximum absolute atomic E-state index is 11.6. The number of nitrogens with zero attached hydrogens (tertiary/aromatic N) is 2. The van der Waals surface area contributed by atoms with Crippen molar-refractivity contribution < 1.29 is 9.53 Å². The molecular formula is C14H16N2O2. The van der Waals surface area contributed by atoms with Crippen LogP contribution in [0.15, 0.2) is 30.5 Å². The number of methoxy groups -OCH3 is 1. The third-order valence-electron chi connectivity index (χ3n) is 2.86. The molecule has 0 atom stereocenters. The summed E-state index contributed by atoms with van der Waals surface area (Å²) in [5, 5.41) is 4.24. The summed E-state index contributed by atoms with van der Waals surface area (Å²) < 4.78 is 7.04. The van der Waals surface area contributed by atoms with Crippen LogP contribution in [0, 0.1) is 0 Å². The van der Waals surface area contributed by atoms with Gasteiger partial charge in [0.05, 0.1) is 24.6 Å². The molecule has 1 aromatic carbocycles. The van der Waals surface area contributed by atoms with Gasteiger partial charge < -0.3 is 4.74 Å². The molecule has 1 aromatic heterocycles. The fourth-order valence-electron chi connectivity index (χ4n) is 1.96. The van der Waals surface area contributed by atoms with Gasteiger partial charge in [0.1, 0.15) is 5.75 Å². The van der Waals surface area contributed by atoms with Crippen LogP contribution in [-0.4, -0.2) is 22.7 Å². The van der Waals surface area contributed by atoms with E-state index < -0.39 is 0 Å². The first-order valence-electron chi connectivity index (χ1n) is 5.88. The summed E-state index contributed by atoms with van der Waals surface area (Å²) in [4.78, 5) is 11.6. The Balaban J connectivity index is 2.60. The van der Waals surface area contributed by atoms with E-state index in [1.165, 1.54) is 0 Å². The molecule has 0 fully saturated rings. The molecule has 4 heteroatoms. The second-order valence-electron chi connectivity index (χ2n) is 4.01. The molecule has 1 heterocycles. The van der Waals surface area contributed by atoms with E-state index in [1.54, 1.807) is 20.2 Å². The van der Waals surface area contributed by atoms with Crippen molar-refractivity contribution in [1.82, 2.24) is 9.78 Å². The van der Waals surface area contributed by atoms with Gasteiger partial charge in [0.15, 0.2) is 5.78 Å². The van der Waals surface area contributed by atoms with Crippen molar-refractivity contribution in [1.29, 1.82) is 0 Å². The minimum absolute atomic E-state index is 0.0209. The molecule has 4 nitrogen and oxygen atoms in total. The predicted octanol–water partition coefficient (Wildman–Crippen LogP) is 2.78. The Morgan fingerprint density at radius 2 is 2.22 bits per heavy atom. The van der Waals surface area contributed by atoms with Crippen LogP contribution >= 0.6 is 0 Å². The first-order chi connectivity index (χ1) is 8.67. The van der Waals surface area contributed by atoms with Crippen molar-refractivity contribution in [2.45, 2.75) is 20.4 Å². The Morgan fingerprint density at radius 3 is 2.83 bits per heavy atom. The van der Waals surface area contributed by atoms with Crippen LogP contribution in [0.5, 0.6) is 5.75 Å². The Hall–Kier alpha value is -2.10. The van der Waals surface area contributed by atoms with E-state index in [9.17, 15) is 4.79 Å². The zero-order chi connectivity index (χ0) is 13.1. The molecule has 2 aromatic rings. The van der Waals surface area contributed by atoms with Crippen molar-refractivity contribution in [3.05, 3.63) is 36.0 Å². The van der Waals surface area contributed by atoms with E-state index in [0.717, 1.165) is 23.6 Å². The van der Waals surface area contributed by atoms with Crippen LogP contribution in [-0.2, 0) is 6.54 Å². The van der Waals surface area contributed by atoms with Gasteiger partial charge in [-0.2, -0.15) is 5.10 Å².